The van der Waals surface area contributed by atoms with Gasteiger partial charge in [-0.3, -0.25) is 0 Å². The fourth-order valence-electron chi connectivity index (χ4n) is 2.35. The van der Waals surface area contributed by atoms with E-state index >= 15 is 0 Å². The predicted molar refractivity (Wildman–Crippen MR) is 83.8 cm³/mol. The molecule has 1 unspecified atom stereocenters. The van der Waals surface area contributed by atoms with Crippen molar-refractivity contribution in [1.82, 2.24) is 0 Å². The monoisotopic (exact) mass is 274 g/mol. The molecular weight excluding hydrogens is 248 g/mol. The van der Waals surface area contributed by atoms with Crippen molar-refractivity contribution in [2.75, 3.05) is 6.61 Å². The van der Waals surface area contributed by atoms with Crippen molar-refractivity contribution in [3.05, 3.63) is 35.9 Å². The second-order valence-corrected chi connectivity index (χ2v) is 5.38. The second-order valence-electron chi connectivity index (χ2n) is 5.38. The highest BCUT2D eigenvalue weighted by Gasteiger charge is 2.14. The minimum absolute atomic E-state index is 0.0563. The lowest BCUT2D eigenvalue weighted by atomic mass is 10.1. The third-order valence-corrected chi connectivity index (χ3v) is 3.57. The Kier molecular flexibility index (Phi) is 6.65. The Hall–Kier alpha value is -1.28. The Bertz CT molecular complexity index is 388. The van der Waals surface area contributed by atoms with Gasteiger partial charge < -0.3 is 9.47 Å². The van der Waals surface area contributed by atoms with E-state index in [0.717, 1.165) is 25.2 Å². The second kappa shape index (κ2) is 8.80. The third kappa shape index (κ3) is 5.38. The summed E-state index contributed by atoms with van der Waals surface area (Å²) in [6, 6.07) is 8.27. The molecule has 1 saturated heterocycles. The first kappa shape index (κ1) is 15.1. The predicted octanol–water partition coefficient (Wildman–Crippen LogP) is 5.19. The van der Waals surface area contributed by atoms with Crippen LogP contribution in [-0.2, 0) is 4.74 Å². The lowest BCUT2D eigenvalue weighted by Crippen LogP contribution is -2.24. The van der Waals surface area contributed by atoms with E-state index in [9.17, 15) is 0 Å². The van der Waals surface area contributed by atoms with Crippen LogP contribution >= 0.6 is 0 Å². The molecule has 0 radical (unpaired) electrons. The molecule has 1 atom stereocenters. The summed E-state index contributed by atoms with van der Waals surface area (Å²) in [7, 11) is 0. The quantitative estimate of drug-likeness (QED) is 0.637. The molecule has 2 heteroatoms. The van der Waals surface area contributed by atoms with Crippen LogP contribution in [0.5, 0.6) is 5.75 Å². The molecule has 1 aliphatic rings. The molecule has 2 rings (SSSR count). The molecule has 0 aromatic heterocycles. The molecule has 0 aliphatic carbocycles. The Morgan fingerprint density at radius 2 is 2.05 bits per heavy atom. The first-order valence-corrected chi connectivity index (χ1v) is 7.93. The van der Waals surface area contributed by atoms with Crippen LogP contribution in [0.2, 0.25) is 0 Å². The van der Waals surface area contributed by atoms with E-state index in [0.29, 0.717) is 0 Å². The highest BCUT2D eigenvalue weighted by atomic mass is 16.7. The number of rotatable bonds is 7. The molecule has 0 spiro atoms. The van der Waals surface area contributed by atoms with Gasteiger partial charge in [0.05, 0.1) is 6.61 Å². The summed E-state index contributed by atoms with van der Waals surface area (Å²) in [5.74, 6) is 0.903. The van der Waals surface area contributed by atoms with Crippen LogP contribution in [0.1, 0.15) is 57.4 Å². The standard InChI is InChI=1S/C18H26O2/c1-2-3-4-5-6-9-16-11-13-17(14-12-16)20-18-10-7-8-15-19-18/h6,9,11-14,18H,2-5,7-8,10,15H2,1H3/b9-6+. The summed E-state index contributed by atoms with van der Waals surface area (Å²) >= 11 is 0. The summed E-state index contributed by atoms with van der Waals surface area (Å²) in [5, 5.41) is 0. The van der Waals surface area contributed by atoms with E-state index in [4.69, 9.17) is 9.47 Å². The van der Waals surface area contributed by atoms with Gasteiger partial charge in [-0.05, 0) is 43.4 Å². The van der Waals surface area contributed by atoms with Crippen LogP contribution in [0.3, 0.4) is 0 Å². The lowest BCUT2D eigenvalue weighted by molar-refractivity contribution is -0.105. The van der Waals surface area contributed by atoms with E-state index in [1.165, 1.54) is 37.7 Å². The van der Waals surface area contributed by atoms with E-state index in [2.05, 4.69) is 31.2 Å². The van der Waals surface area contributed by atoms with Gasteiger partial charge in [-0.25, -0.2) is 0 Å². The third-order valence-electron chi connectivity index (χ3n) is 3.57. The molecule has 2 nitrogen and oxygen atoms in total. The van der Waals surface area contributed by atoms with Gasteiger partial charge in [0.25, 0.3) is 0 Å². The van der Waals surface area contributed by atoms with Gasteiger partial charge in [0.15, 0.2) is 6.29 Å². The summed E-state index contributed by atoms with van der Waals surface area (Å²) in [5.41, 5.74) is 1.23. The zero-order valence-electron chi connectivity index (χ0n) is 12.5. The molecule has 0 N–H and O–H groups in total. The van der Waals surface area contributed by atoms with Crippen molar-refractivity contribution in [3.8, 4) is 5.75 Å². The smallest absolute Gasteiger partial charge is 0.199 e. The van der Waals surface area contributed by atoms with Crippen molar-refractivity contribution in [3.63, 3.8) is 0 Å². The van der Waals surface area contributed by atoms with Crippen molar-refractivity contribution in [2.45, 2.75) is 58.2 Å². The minimum Gasteiger partial charge on any atom is -0.465 e. The van der Waals surface area contributed by atoms with Gasteiger partial charge in [-0.15, -0.1) is 0 Å². The van der Waals surface area contributed by atoms with Crippen LogP contribution in [-0.4, -0.2) is 12.9 Å². The Labute approximate surface area is 122 Å². The first-order valence-electron chi connectivity index (χ1n) is 7.93. The number of benzene rings is 1. The van der Waals surface area contributed by atoms with E-state index in [-0.39, 0.29) is 6.29 Å². The van der Waals surface area contributed by atoms with Crippen LogP contribution in [0, 0.1) is 0 Å². The zero-order valence-corrected chi connectivity index (χ0v) is 12.5. The Morgan fingerprint density at radius 3 is 2.75 bits per heavy atom. The maximum atomic E-state index is 5.82. The summed E-state index contributed by atoms with van der Waals surface area (Å²) in [4.78, 5) is 0. The highest BCUT2D eigenvalue weighted by molar-refractivity contribution is 5.50. The number of allylic oxidation sites excluding steroid dienone is 1. The maximum absolute atomic E-state index is 5.82. The van der Waals surface area contributed by atoms with Crippen molar-refractivity contribution < 1.29 is 9.47 Å². The van der Waals surface area contributed by atoms with Crippen LogP contribution in [0.15, 0.2) is 30.3 Å². The summed E-state index contributed by atoms with van der Waals surface area (Å²) in [6.07, 6.45) is 12.8. The summed E-state index contributed by atoms with van der Waals surface area (Å²) in [6.45, 7) is 3.06. The van der Waals surface area contributed by atoms with Crippen LogP contribution in [0.4, 0.5) is 0 Å². The van der Waals surface area contributed by atoms with E-state index in [1.54, 1.807) is 0 Å². The Balaban J connectivity index is 1.77. The first-order chi connectivity index (χ1) is 9.88. The van der Waals surface area contributed by atoms with Crippen LogP contribution < -0.4 is 4.74 Å². The molecule has 20 heavy (non-hydrogen) atoms. The topological polar surface area (TPSA) is 18.5 Å². The van der Waals surface area contributed by atoms with E-state index in [1.807, 2.05) is 12.1 Å². The largest absolute Gasteiger partial charge is 0.465 e. The van der Waals surface area contributed by atoms with Gasteiger partial charge >= 0.3 is 0 Å². The normalized spacial score (nSPS) is 19.4. The molecule has 1 aromatic carbocycles. The van der Waals surface area contributed by atoms with Crippen LogP contribution in [0.25, 0.3) is 6.08 Å². The fourth-order valence-corrected chi connectivity index (χ4v) is 2.35. The fraction of sp³-hybridized carbons (Fsp3) is 0.556. The lowest BCUT2D eigenvalue weighted by Gasteiger charge is -2.23. The number of unbranched alkanes of at least 4 members (excludes halogenated alkanes) is 3. The van der Waals surface area contributed by atoms with Crippen molar-refractivity contribution in [2.24, 2.45) is 0 Å². The van der Waals surface area contributed by atoms with Gasteiger partial charge in [0.1, 0.15) is 5.75 Å². The number of hydrogen-bond acceptors (Lipinski definition) is 2. The number of hydrogen-bond donors (Lipinski definition) is 0. The molecule has 0 saturated carbocycles. The SMILES string of the molecule is CCCCC/C=C/c1ccc(OC2CCCCO2)cc1. The average molecular weight is 274 g/mol. The molecule has 1 heterocycles. The molecule has 1 aromatic rings. The van der Waals surface area contributed by atoms with Gasteiger partial charge in [-0.2, -0.15) is 0 Å². The highest BCUT2D eigenvalue weighted by Crippen LogP contribution is 2.20. The maximum Gasteiger partial charge on any atom is 0.199 e. The average Bonchev–Trinajstić information content (AvgIpc) is 2.50. The molecule has 0 amide bonds. The van der Waals surface area contributed by atoms with Gasteiger partial charge in [-0.1, -0.05) is 44.1 Å². The summed E-state index contributed by atoms with van der Waals surface area (Å²) < 4.78 is 11.4. The van der Waals surface area contributed by atoms with Gasteiger partial charge in [0.2, 0.25) is 0 Å². The molecule has 0 bridgehead atoms. The molecule has 110 valence electrons. The molecule has 1 fully saturated rings. The molecular formula is C18H26O2. The Morgan fingerprint density at radius 1 is 1.20 bits per heavy atom. The molecule has 1 aliphatic heterocycles. The minimum atomic E-state index is -0.0563. The zero-order chi connectivity index (χ0) is 14.0. The van der Waals surface area contributed by atoms with Gasteiger partial charge in [0, 0.05) is 6.42 Å². The number of ether oxygens (including phenoxy) is 2. The van der Waals surface area contributed by atoms with E-state index < -0.39 is 0 Å². The van der Waals surface area contributed by atoms with Crippen molar-refractivity contribution in [1.29, 1.82) is 0 Å². The van der Waals surface area contributed by atoms with Crippen molar-refractivity contribution >= 4 is 6.08 Å².